The topological polar surface area (TPSA) is 94.5 Å². The predicted molar refractivity (Wildman–Crippen MR) is 96.7 cm³/mol. The zero-order valence-corrected chi connectivity index (χ0v) is 15.5. The quantitative estimate of drug-likeness (QED) is 0.768. The summed E-state index contributed by atoms with van der Waals surface area (Å²) in [6, 6.07) is 7.21. The smallest absolute Gasteiger partial charge is 0.310 e. The number of cyclic esters (lactones) is 1. The zero-order chi connectivity index (χ0) is 19.6. The molecule has 2 N–H and O–H groups in total. The molecule has 1 aliphatic carbocycles. The molecule has 0 saturated carbocycles. The van der Waals surface area contributed by atoms with Crippen LogP contribution in [0.3, 0.4) is 0 Å². The predicted octanol–water partition coefficient (Wildman–Crippen LogP) is 2.41. The first-order chi connectivity index (χ1) is 13.5. The average molecular weight is 384 g/mol. The lowest BCUT2D eigenvalue weighted by molar-refractivity contribution is -0.141. The number of ether oxygens (including phenoxy) is 4. The lowest BCUT2D eigenvalue weighted by Crippen LogP contribution is -2.34. The van der Waals surface area contributed by atoms with Gasteiger partial charge in [0, 0.05) is 11.8 Å². The normalized spacial score (nSPS) is 27.2. The first-order valence-electron chi connectivity index (χ1n) is 9.15. The summed E-state index contributed by atoms with van der Waals surface area (Å²) in [5.41, 5.74) is 2.96. The summed E-state index contributed by atoms with van der Waals surface area (Å²) in [6.45, 7) is 2.08. The molecule has 28 heavy (non-hydrogen) atoms. The van der Waals surface area contributed by atoms with E-state index in [0.29, 0.717) is 28.4 Å². The number of carbonyl (C=O) groups is 1. The second-order valence-electron chi connectivity index (χ2n) is 7.47. The molecule has 7 nitrogen and oxygen atoms in total. The molecule has 0 spiro atoms. The molecule has 7 heteroatoms. The average Bonchev–Trinajstić information content (AvgIpc) is 3.30. The molecule has 5 rings (SSSR count). The number of hydrogen-bond acceptors (Lipinski definition) is 7. The Hall–Kier alpha value is -2.93. The fourth-order valence-electron chi connectivity index (χ4n) is 4.64. The SMILES string of the molecule is COc1cc([C@@H]2c3cc4c(cc3[C@@H](O)[C@H]3COC(=O)[C@H]23)OCO4)cc(C)c1O. The maximum absolute atomic E-state index is 12.6. The van der Waals surface area contributed by atoms with Gasteiger partial charge in [-0.25, -0.2) is 0 Å². The molecule has 2 heterocycles. The Labute approximate surface area is 161 Å². The number of aromatic hydroxyl groups is 1. The van der Waals surface area contributed by atoms with E-state index >= 15 is 0 Å². The van der Waals surface area contributed by atoms with E-state index in [4.69, 9.17) is 18.9 Å². The summed E-state index contributed by atoms with van der Waals surface area (Å²) in [5.74, 6) is -0.00187. The first kappa shape index (κ1) is 17.2. The van der Waals surface area contributed by atoms with Crippen LogP contribution in [0.15, 0.2) is 24.3 Å². The zero-order valence-electron chi connectivity index (χ0n) is 15.5. The minimum atomic E-state index is -0.836. The van der Waals surface area contributed by atoms with Crippen LogP contribution in [0.25, 0.3) is 0 Å². The van der Waals surface area contributed by atoms with Gasteiger partial charge in [-0.15, -0.1) is 0 Å². The third-order valence-corrected chi connectivity index (χ3v) is 6.01. The highest BCUT2D eigenvalue weighted by atomic mass is 16.7. The summed E-state index contributed by atoms with van der Waals surface area (Å²) in [5, 5.41) is 21.2. The number of methoxy groups -OCH3 is 1. The molecular weight excluding hydrogens is 364 g/mol. The van der Waals surface area contributed by atoms with Crippen LogP contribution in [0.1, 0.15) is 34.3 Å². The minimum Gasteiger partial charge on any atom is -0.504 e. The van der Waals surface area contributed by atoms with Crippen LogP contribution in [0, 0.1) is 18.8 Å². The van der Waals surface area contributed by atoms with Crippen LogP contribution in [0.2, 0.25) is 0 Å². The van der Waals surface area contributed by atoms with E-state index < -0.39 is 12.0 Å². The van der Waals surface area contributed by atoms with Crippen molar-refractivity contribution in [1.82, 2.24) is 0 Å². The number of esters is 1. The Bertz CT molecular complexity index is 983. The summed E-state index contributed by atoms with van der Waals surface area (Å²) in [6.07, 6.45) is -0.836. The Kier molecular flexibility index (Phi) is 3.71. The molecule has 3 aliphatic rings. The number of rotatable bonds is 2. The van der Waals surface area contributed by atoms with Gasteiger partial charge in [-0.1, -0.05) is 6.07 Å². The van der Waals surface area contributed by atoms with Crippen molar-refractivity contribution in [2.24, 2.45) is 11.8 Å². The van der Waals surface area contributed by atoms with Gasteiger partial charge in [0.2, 0.25) is 6.79 Å². The Morgan fingerprint density at radius 1 is 1.07 bits per heavy atom. The maximum Gasteiger partial charge on any atom is 0.310 e. The number of fused-ring (bicyclic) bond motifs is 3. The fraction of sp³-hybridized carbons (Fsp3) is 0.381. The van der Waals surface area contributed by atoms with E-state index in [9.17, 15) is 15.0 Å². The van der Waals surface area contributed by atoms with Gasteiger partial charge in [-0.3, -0.25) is 4.79 Å². The van der Waals surface area contributed by atoms with E-state index in [0.717, 1.165) is 11.1 Å². The van der Waals surface area contributed by atoms with Gasteiger partial charge >= 0.3 is 5.97 Å². The number of aryl methyl sites for hydroxylation is 1. The molecule has 146 valence electrons. The molecule has 2 aliphatic heterocycles. The van der Waals surface area contributed by atoms with Crippen LogP contribution in [-0.2, 0) is 9.53 Å². The Balaban J connectivity index is 1.75. The number of phenols is 1. The number of carbonyl (C=O) groups excluding carboxylic acids is 1. The standard InChI is InChI=1S/C21H20O7/c1-9-3-10(4-16(25-2)19(9)22)17-11-5-14-15(28-8-27-14)6-12(11)20(23)13-7-26-21(24)18(13)17/h3-6,13,17-18,20,22-23H,7-8H2,1-2H3/t13-,17+,18-,20+/m0/s1. The third-order valence-electron chi connectivity index (χ3n) is 6.01. The van der Waals surface area contributed by atoms with Crippen LogP contribution in [-0.4, -0.2) is 36.7 Å². The molecule has 0 radical (unpaired) electrons. The summed E-state index contributed by atoms with van der Waals surface area (Å²) in [4.78, 5) is 12.6. The molecule has 0 amide bonds. The van der Waals surface area contributed by atoms with E-state index in [-0.39, 0.29) is 37.0 Å². The molecule has 0 bridgehead atoms. The summed E-state index contributed by atoms with van der Waals surface area (Å²) >= 11 is 0. The fourth-order valence-corrected chi connectivity index (χ4v) is 4.64. The highest BCUT2D eigenvalue weighted by Gasteiger charge is 2.52. The molecule has 2 aromatic carbocycles. The summed E-state index contributed by atoms with van der Waals surface area (Å²) < 4.78 is 21.6. The van der Waals surface area contributed by atoms with Gasteiger partial charge in [0.05, 0.1) is 25.7 Å². The number of phenolic OH excluding ortho intramolecular Hbond substituents is 1. The van der Waals surface area contributed by atoms with Crippen molar-refractivity contribution < 1.29 is 34.0 Å². The van der Waals surface area contributed by atoms with E-state index in [1.54, 1.807) is 19.1 Å². The van der Waals surface area contributed by atoms with E-state index in [1.807, 2.05) is 12.1 Å². The Morgan fingerprint density at radius 2 is 1.79 bits per heavy atom. The molecule has 1 fully saturated rings. The van der Waals surface area contributed by atoms with Crippen molar-refractivity contribution in [3.63, 3.8) is 0 Å². The van der Waals surface area contributed by atoms with Crippen LogP contribution in [0.5, 0.6) is 23.0 Å². The van der Waals surface area contributed by atoms with E-state index in [2.05, 4.69) is 0 Å². The maximum atomic E-state index is 12.6. The lowest BCUT2D eigenvalue weighted by atomic mass is 9.66. The monoisotopic (exact) mass is 384 g/mol. The number of benzene rings is 2. The number of aliphatic hydroxyl groups is 1. The van der Waals surface area contributed by atoms with Gasteiger partial charge in [-0.2, -0.15) is 0 Å². The van der Waals surface area contributed by atoms with Crippen LogP contribution >= 0.6 is 0 Å². The van der Waals surface area contributed by atoms with Gasteiger partial charge in [0.15, 0.2) is 23.0 Å². The molecule has 0 unspecified atom stereocenters. The largest absolute Gasteiger partial charge is 0.504 e. The van der Waals surface area contributed by atoms with Crippen molar-refractivity contribution in [2.45, 2.75) is 18.9 Å². The highest BCUT2D eigenvalue weighted by Crippen LogP contribution is 2.54. The van der Waals surface area contributed by atoms with E-state index in [1.165, 1.54) is 7.11 Å². The van der Waals surface area contributed by atoms with Crippen molar-refractivity contribution >= 4 is 5.97 Å². The first-order valence-corrected chi connectivity index (χ1v) is 9.15. The second kappa shape index (κ2) is 6.04. The number of hydrogen-bond donors (Lipinski definition) is 2. The van der Waals surface area contributed by atoms with Gasteiger partial charge in [-0.05, 0) is 47.4 Å². The van der Waals surface area contributed by atoms with Gasteiger partial charge < -0.3 is 29.2 Å². The molecule has 2 aromatic rings. The van der Waals surface area contributed by atoms with Crippen LogP contribution < -0.4 is 14.2 Å². The molecule has 0 aromatic heterocycles. The summed E-state index contributed by atoms with van der Waals surface area (Å²) in [7, 11) is 1.49. The van der Waals surface area contributed by atoms with Crippen LogP contribution in [0.4, 0.5) is 0 Å². The van der Waals surface area contributed by atoms with Crippen molar-refractivity contribution in [1.29, 1.82) is 0 Å². The third kappa shape index (κ3) is 2.29. The molecule has 4 atom stereocenters. The highest BCUT2D eigenvalue weighted by molar-refractivity contribution is 5.78. The Morgan fingerprint density at radius 3 is 2.50 bits per heavy atom. The van der Waals surface area contributed by atoms with Gasteiger partial charge in [0.1, 0.15) is 0 Å². The molecular formula is C21H20O7. The minimum absolute atomic E-state index is 0.0681. The van der Waals surface area contributed by atoms with Crippen molar-refractivity contribution in [3.8, 4) is 23.0 Å². The second-order valence-corrected chi connectivity index (χ2v) is 7.47. The van der Waals surface area contributed by atoms with Crippen molar-refractivity contribution in [3.05, 3.63) is 46.5 Å². The van der Waals surface area contributed by atoms with Crippen molar-refractivity contribution in [2.75, 3.05) is 20.5 Å². The lowest BCUT2D eigenvalue weighted by Gasteiger charge is -2.37. The molecule has 1 saturated heterocycles. The number of aliphatic hydroxyl groups excluding tert-OH is 1. The van der Waals surface area contributed by atoms with Gasteiger partial charge in [0.25, 0.3) is 0 Å².